The van der Waals surface area contributed by atoms with Gasteiger partial charge in [-0.3, -0.25) is 4.99 Å². The Labute approximate surface area is 136 Å². The molecule has 0 aromatic heterocycles. The fourth-order valence-electron chi connectivity index (χ4n) is 1.83. The quantitative estimate of drug-likeness (QED) is 0.444. The maximum atomic E-state index is 5.98. The lowest BCUT2D eigenvalue weighted by Crippen LogP contribution is -2.41. The van der Waals surface area contributed by atoms with Crippen molar-refractivity contribution in [3.63, 3.8) is 0 Å². The van der Waals surface area contributed by atoms with Crippen LogP contribution in [0.25, 0.3) is 0 Å². The standard InChI is InChI=1S/C15H31BN2O3Si/c1-14(2)15(3,4)21-16(20-14)13(8-9-17)18-12-19-10-11-22(5,6)7/h8-9H,10-12,17H2,1-7H3. The van der Waals surface area contributed by atoms with Crippen molar-refractivity contribution in [3.05, 3.63) is 12.3 Å². The second-order valence-electron chi connectivity index (χ2n) is 7.88. The molecule has 126 valence electrons. The van der Waals surface area contributed by atoms with E-state index in [1.807, 2.05) is 27.7 Å². The number of rotatable bonds is 7. The van der Waals surface area contributed by atoms with E-state index in [4.69, 9.17) is 19.8 Å². The van der Waals surface area contributed by atoms with Crippen molar-refractivity contribution < 1.29 is 14.0 Å². The molecule has 0 amide bonds. The predicted octanol–water partition coefficient (Wildman–Crippen LogP) is 2.84. The number of nitrogens with zero attached hydrogens (tertiary/aromatic N) is 1. The van der Waals surface area contributed by atoms with Crippen molar-refractivity contribution >= 4 is 20.8 Å². The highest BCUT2D eigenvalue weighted by Gasteiger charge is 2.52. The average molecular weight is 326 g/mol. The molecule has 1 rings (SSSR count). The van der Waals surface area contributed by atoms with Crippen molar-refractivity contribution in [2.45, 2.75) is 64.6 Å². The van der Waals surface area contributed by atoms with Crippen LogP contribution in [0.15, 0.2) is 17.3 Å². The topological polar surface area (TPSA) is 66.1 Å². The lowest BCUT2D eigenvalue weighted by molar-refractivity contribution is 0.00578. The molecule has 1 aliphatic heterocycles. The Kier molecular flexibility index (Phi) is 6.44. The minimum absolute atomic E-state index is 0.300. The fourth-order valence-corrected chi connectivity index (χ4v) is 2.59. The fraction of sp³-hybridized carbons (Fsp3) is 0.800. The molecule has 0 atom stereocenters. The van der Waals surface area contributed by atoms with Crippen LogP contribution >= 0.6 is 0 Å². The predicted molar refractivity (Wildman–Crippen MR) is 95.8 cm³/mol. The molecular formula is C15H31BN2O3Si. The Morgan fingerprint density at radius 3 is 2.18 bits per heavy atom. The van der Waals surface area contributed by atoms with Gasteiger partial charge in [0, 0.05) is 14.7 Å². The molecule has 0 aromatic carbocycles. The summed E-state index contributed by atoms with van der Waals surface area (Å²) in [5, 5.41) is 0. The number of hydrogen-bond donors (Lipinski definition) is 1. The third-order valence-electron chi connectivity index (χ3n) is 4.10. The van der Waals surface area contributed by atoms with Crippen molar-refractivity contribution in [2.75, 3.05) is 13.3 Å². The Bertz CT molecular complexity index is 415. The van der Waals surface area contributed by atoms with Gasteiger partial charge in [-0.1, -0.05) is 19.6 Å². The first-order valence-corrected chi connectivity index (χ1v) is 11.6. The molecule has 0 aromatic rings. The number of hydrogen-bond acceptors (Lipinski definition) is 5. The highest BCUT2D eigenvalue weighted by atomic mass is 28.3. The Hall–Kier alpha value is -0.628. The average Bonchev–Trinajstić information content (AvgIpc) is 2.55. The van der Waals surface area contributed by atoms with Crippen LogP contribution in [0.2, 0.25) is 25.7 Å². The second-order valence-corrected chi connectivity index (χ2v) is 13.5. The van der Waals surface area contributed by atoms with Gasteiger partial charge in [0.15, 0.2) is 0 Å². The summed E-state index contributed by atoms with van der Waals surface area (Å²) >= 11 is 0. The van der Waals surface area contributed by atoms with E-state index in [9.17, 15) is 0 Å². The molecule has 1 heterocycles. The van der Waals surface area contributed by atoms with Gasteiger partial charge in [0.25, 0.3) is 0 Å². The first-order chi connectivity index (χ1) is 9.98. The van der Waals surface area contributed by atoms with Crippen molar-refractivity contribution in [1.29, 1.82) is 0 Å². The van der Waals surface area contributed by atoms with E-state index in [1.165, 1.54) is 6.20 Å². The van der Waals surface area contributed by atoms with Crippen LogP contribution in [0.1, 0.15) is 27.7 Å². The summed E-state index contributed by atoms with van der Waals surface area (Å²) in [5.74, 6) is 0. The third kappa shape index (κ3) is 5.53. The SMILES string of the molecule is CC1(C)OB(C(C=CN)=NCOCC[Si](C)(C)C)OC1(C)C. The molecule has 0 saturated carbocycles. The van der Waals surface area contributed by atoms with Gasteiger partial charge in [-0.05, 0) is 46.0 Å². The zero-order chi connectivity index (χ0) is 17.0. The van der Waals surface area contributed by atoms with E-state index in [0.29, 0.717) is 12.3 Å². The maximum absolute atomic E-state index is 5.98. The van der Waals surface area contributed by atoms with Crippen LogP contribution in [0, 0.1) is 0 Å². The number of aliphatic imine (C=N–C) groups is 1. The highest BCUT2D eigenvalue weighted by molar-refractivity contribution is 6.84. The second kappa shape index (κ2) is 7.30. The molecule has 0 spiro atoms. The van der Waals surface area contributed by atoms with Crippen molar-refractivity contribution in [3.8, 4) is 0 Å². The molecule has 2 N–H and O–H groups in total. The van der Waals surface area contributed by atoms with Gasteiger partial charge in [-0.15, -0.1) is 0 Å². The molecule has 22 heavy (non-hydrogen) atoms. The van der Waals surface area contributed by atoms with Crippen LogP contribution in [0.4, 0.5) is 0 Å². The van der Waals surface area contributed by atoms with Crippen molar-refractivity contribution in [1.82, 2.24) is 0 Å². The molecule has 1 saturated heterocycles. The Morgan fingerprint density at radius 1 is 1.18 bits per heavy atom. The molecule has 5 nitrogen and oxygen atoms in total. The smallest absolute Gasteiger partial charge is 0.405 e. The van der Waals surface area contributed by atoms with Crippen LogP contribution in [-0.4, -0.2) is 45.3 Å². The normalized spacial score (nSPS) is 21.8. The van der Waals surface area contributed by atoms with Crippen LogP contribution in [0.5, 0.6) is 0 Å². The molecule has 1 aliphatic rings. The number of nitrogens with two attached hydrogens (primary N) is 1. The molecule has 1 fully saturated rings. The van der Waals surface area contributed by atoms with E-state index < -0.39 is 15.2 Å². The highest BCUT2D eigenvalue weighted by Crippen LogP contribution is 2.37. The number of ether oxygens (including phenoxy) is 1. The van der Waals surface area contributed by atoms with Gasteiger partial charge < -0.3 is 19.8 Å². The molecular weight excluding hydrogens is 295 g/mol. The van der Waals surface area contributed by atoms with E-state index in [0.717, 1.165) is 12.7 Å². The van der Waals surface area contributed by atoms with Crippen molar-refractivity contribution in [2.24, 2.45) is 10.7 Å². The first-order valence-electron chi connectivity index (χ1n) is 7.84. The summed E-state index contributed by atoms with van der Waals surface area (Å²) in [4.78, 5) is 4.44. The lowest BCUT2D eigenvalue weighted by Gasteiger charge is -2.32. The largest absolute Gasteiger partial charge is 0.514 e. The Balaban J connectivity index is 2.61. The zero-order valence-corrected chi connectivity index (χ0v) is 16.1. The van der Waals surface area contributed by atoms with E-state index >= 15 is 0 Å². The van der Waals surface area contributed by atoms with Crippen LogP contribution in [0.3, 0.4) is 0 Å². The minimum atomic E-state index is -1.07. The van der Waals surface area contributed by atoms with Crippen LogP contribution < -0.4 is 5.73 Å². The van der Waals surface area contributed by atoms with Gasteiger partial charge in [-0.2, -0.15) is 0 Å². The van der Waals surface area contributed by atoms with Gasteiger partial charge in [0.1, 0.15) is 6.73 Å². The Morgan fingerprint density at radius 2 is 1.73 bits per heavy atom. The van der Waals surface area contributed by atoms with E-state index in [2.05, 4.69) is 24.6 Å². The van der Waals surface area contributed by atoms with Gasteiger partial charge in [0.05, 0.1) is 16.8 Å². The summed E-state index contributed by atoms with van der Waals surface area (Å²) < 4.78 is 17.6. The molecule has 0 radical (unpaired) electrons. The molecule has 0 bridgehead atoms. The van der Waals surface area contributed by atoms with Gasteiger partial charge >= 0.3 is 7.12 Å². The minimum Gasteiger partial charge on any atom is -0.405 e. The molecule has 7 heteroatoms. The molecule has 0 aliphatic carbocycles. The zero-order valence-electron chi connectivity index (χ0n) is 15.1. The summed E-state index contributed by atoms with van der Waals surface area (Å²) in [5.41, 5.74) is 5.39. The van der Waals surface area contributed by atoms with Gasteiger partial charge in [-0.25, -0.2) is 0 Å². The summed E-state index contributed by atoms with van der Waals surface area (Å²) in [6.45, 7) is 16.1. The summed E-state index contributed by atoms with van der Waals surface area (Å²) in [6.07, 6.45) is 3.16. The third-order valence-corrected chi connectivity index (χ3v) is 5.80. The van der Waals surface area contributed by atoms with Gasteiger partial charge in [0.2, 0.25) is 0 Å². The monoisotopic (exact) mass is 326 g/mol. The first kappa shape index (κ1) is 19.4. The maximum Gasteiger partial charge on any atom is 0.514 e. The molecule has 0 unspecified atom stereocenters. The number of allylic oxidation sites excluding steroid dienone is 1. The summed E-state index contributed by atoms with van der Waals surface area (Å²) in [7, 11) is -1.58. The lowest BCUT2D eigenvalue weighted by atomic mass is 9.82. The van der Waals surface area contributed by atoms with Crippen LogP contribution in [-0.2, 0) is 14.0 Å². The summed E-state index contributed by atoms with van der Waals surface area (Å²) in [6, 6.07) is 1.13. The van der Waals surface area contributed by atoms with E-state index in [-0.39, 0.29) is 11.2 Å². The van der Waals surface area contributed by atoms with E-state index in [1.54, 1.807) is 6.08 Å².